The van der Waals surface area contributed by atoms with E-state index in [0.29, 0.717) is 6.07 Å². The van der Waals surface area contributed by atoms with Crippen molar-refractivity contribution in [3.63, 3.8) is 0 Å². The molecule has 0 aliphatic rings. The van der Waals surface area contributed by atoms with Crippen molar-refractivity contribution < 1.29 is 46.2 Å². The first-order chi connectivity index (χ1) is 12.0. The molecule has 6 nitrogen and oxygen atoms in total. The Morgan fingerprint density at radius 1 is 0.808 bits per heavy atom. The molecule has 0 N–H and O–H groups in total. The minimum atomic E-state index is -4.57. The topological polar surface area (TPSA) is 86.7 Å². The Kier molecular flexibility index (Phi) is 6.60. The molecule has 0 saturated carbocycles. The maximum Gasteiger partial charge on any atom is 0.404 e. The first kappa shape index (κ1) is 21.3. The largest absolute Gasteiger partial charge is 0.461 e. The summed E-state index contributed by atoms with van der Waals surface area (Å²) >= 11 is 0. The molecule has 1 rings (SSSR count). The number of carbonyl (C=O) groups excluding carboxylic acids is 4. The number of esters is 2. The number of ether oxygens (including phenoxy) is 2. The van der Waals surface area contributed by atoms with E-state index in [1.54, 1.807) is 0 Å². The van der Waals surface area contributed by atoms with Crippen LogP contribution in [0.4, 0.5) is 17.6 Å². The highest BCUT2D eigenvalue weighted by molar-refractivity contribution is 6.17. The highest BCUT2D eigenvalue weighted by atomic mass is 19.3. The van der Waals surface area contributed by atoms with Gasteiger partial charge in [-0.15, -0.1) is 0 Å². The molecule has 0 aromatic heterocycles. The van der Waals surface area contributed by atoms with Crippen LogP contribution in [0.2, 0.25) is 0 Å². The number of alkyl halides is 4. The van der Waals surface area contributed by atoms with Gasteiger partial charge in [-0.2, -0.15) is 17.6 Å². The standard InChI is InChI=1S/C16H14F4O6/c1-3-25-13(23)15(17,18)11(21)9-6-5-7-10(8-9)12(22)16(19,20)14(24)26-4-2/h5-8H,3-4H2,1-2H3. The summed E-state index contributed by atoms with van der Waals surface area (Å²) in [6.07, 6.45) is 0. The monoisotopic (exact) mass is 378 g/mol. The van der Waals surface area contributed by atoms with Gasteiger partial charge in [0.2, 0.25) is 11.6 Å². The maximum absolute atomic E-state index is 13.7. The van der Waals surface area contributed by atoms with Crippen molar-refractivity contribution in [3.05, 3.63) is 35.4 Å². The molecule has 0 unspecified atom stereocenters. The summed E-state index contributed by atoms with van der Waals surface area (Å²) in [4.78, 5) is 46.0. The van der Waals surface area contributed by atoms with Crippen LogP contribution in [0.15, 0.2) is 24.3 Å². The summed E-state index contributed by atoms with van der Waals surface area (Å²) in [5.74, 6) is -17.4. The smallest absolute Gasteiger partial charge is 0.404 e. The number of hydrogen-bond acceptors (Lipinski definition) is 6. The molecule has 1 aromatic rings. The van der Waals surface area contributed by atoms with Gasteiger partial charge in [-0.05, 0) is 19.9 Å². The van der Waals surface area contributed by atoms with E-state index in [0.717, 1.165) is 18.2 Å². The molecule has 0 atom stereocenters. The van der Waals surface area contributed by atoms with Crippen LogP contribution in [0.25, 0.3) is 0 Å². The van der Waals surface area contributed by atoms with E-state index in [1.807, 2.05) is 0 Å². The number of halogens is 4. The SMILES string of the molecule is CCOC(=O)C(F)(F)C(=O)c1cccc(C(=O)C(F)(F)C(=O)OCC)c1. The van der Waals surface area contributed by atoms with E-state index in [-0.39, 0.29) is 0 Å². The van der Waals surface area contributed by atoms with Gasteiger partial charge < -0.3 is 9.47 Å². The number of Topliss-reactive ketones (excluding diaryl/α,β-unsaturated/α-hetero) is 2. The second kappa shape index (κ2) is 8.07. The Hall–Kier alpha value is -2.78. The molecule has 0 spiro atoms. The van der Waals surface area contributed by atoms with Gasteiger partial charge in [0, 0.05) is 11.1 Å². The predicted molar refractivity (Wildman–Crippen MR) is 78.3 cm³/mol. The summed E-state index contributed by atoms with van der Waals surface area (Å²) in [5.41, 5.74) is -1.76. The van der Waals surface area contributed by atoms with E-state index < -0.39 is 59.7 Å². The van der Waals surface area contributed by atoms with Gasteiger partial charge in [0.1, 0.15) is 0 Å². The van der Waals surface area contributed by atoms with Crippen LogP contribution in [0.1, 0.15) is 34.6 Å². The molecule has 0 bridgehead atoms. The quantitative estimate of drug-likeness (QED) is 0.299. The van der Waals surface area contributed by atoms with E-state index in [1.165, 1.54) is 13.8 Å². The van der Waals surface area contributed by atoms with Gasteiger partial charge in [-0.1, -0.05) is 18.2 Å². The molecular weight excluding hydrogens is 364 g/mol. The van der Waals surface area contributed by atoms with Gasteiger partial charge in [0.25, 0.3) is 0 Å². The lowest BCUT2D eigenvalue weighted by molar-refractivity contribution is -0.164. The predicted octanol–water partition coefficient (Wildman–Crippen LogP) is 2.45. The molecule has 0 fully saturated rings. The first-order valence-electron chi connectivity index (χ1n) is 7.29. The molecule has 0 radical (unpaired) electrons. The van der Waals surface area contributed by atoms with E-state index in [4.69, 9.17) is 0 Å². The summed E-state index contributed by atoms with van der Waals surface area (Å²) in [6, 6.07) is 2.91. The third-order valence-electron chi connectivity index (χ3n) is 3.02. The van der Waals surface area contributed by atoms with Gasteiger partial charge in [-0.3, -0.25) is 9.59 Å². The van der Waals surface area contributed by atoms with Crippen LogP contribution < -0.4 is 0 Å². The van der Waals surface area contributed by atoms with Crippen LogP contribution in [-0.2, 0) is 19.1 Å². The van der Waals surface area contributed by atoms with Crippen LogP contribution in [0.5, 0.6) is 0 Å². The summed E-state index contributed by atoms with van der Waals surface area (Å²) in [5, 5.41) is 0. The Morgan fingerprint density at radius 3 is 1.46 bits per heavy atom. The van der Waals surface area contributed by atoms with Crippen LogP contribution in [0, 0.1) is 0 Å². The molecular formula is C16H14F4O6. The van der Waals surface area contributed by atoms with Crippen LogP contribution >= 0.6 is 0 Å². The minimum Gasteiger partial charge on any atom is -0.461 e. The zero-order chi connectivity index (χ0) is 20.1. The summed E-state index contributed by atoms with van der Waals surface area (Å²) in [7, 11) is 0. The van der Waals surface area contributed by atoms with Crippen molar-refractivity contribution in [3.8, 4) is 0 Å². The zero-order valence-electron chi connectivity index (χ0n) is 13.7. The van der Waals surface area contributed by atoms with Crippen molar-refractivity contribution in [1.29, 1.82) is 0 Å². The fourth-order valence-corrected chi connectivity index (χ4v) is 1.79. The van der Waals surface area contributed by atoms with E-state index >= 15 is 0 Å². The molecule has 1 aromatic carbocycles. The van der Waals surface area contributed by atoms with E-state index in [9.17, 15) is 36.7 Å². The lowest BCUT2D eigenvalue weighted by atomic mass is 9.99. The summed E-state index contributed by atoms with van der Waals surface area (Å²) < 4.78 is 63.2. The number of rotatable bonds is 8. The normalized spacial score (nSPS) is 11.6. The molecule has 0 aliphatic carbocycles. The van der Waals surface area contributed by atoms with Crippen molar-refractivity contribution in [2.75, 3.05) is 13.2 Å². The lowest BCUT2D eigenvalue weighted by Gasteiger charge is -2.15. The third-order valence-corrected chi connectivity index (χ3v) is 3.02. The third kappa shape index (κ3) is 4.24. The van der Waals surface area contributed by atoms with Gasteiger partial charge in [0.15, 0.2) is 0 Å². The Balaban J connectivity index is 3.19. The average molecular weight is 378 g/mol. The molecule has 142 valence electrons. The highest BCUT2D eigenvalue weighted by Gasteiger charge is 2.51. The number of benzene rings is 1. The zero-order valence-corrected chi connectivity index (χ0v) is 13.7. The molecule has 10 heteroatoms. The number of hydrogen-bond donors (Lipinski definition) is 0. The Bertz CT molecular complexity index is 672. The second-order valence-corrected chi connectivity index (χ2v) is 4.83. The fourth-order valence-electron chi connectivity index (χ4n) is 1.79. The fraction of sp³-hybridized carbons (Fsp3) is 0.375. The molecule has 26 heavy (non-hydrogen) atoms. The lowest BCUT2D eigenvalue weighted by Crippen LogP contribution is -2.40. The van der Waals surface area contributed by atoms with Gasteiger partial charge >= 0.3 is 23.8 Å². The minimum absolute atomic E-state index is 0.411. The first-order valence-corrected chi connectivity index (χ1v) is 7.29. The summed E-state index contributed by atoms with van der Waals surface area (Å²) in [6.45, 7) is 1.67. The Morgan fingerprint density at radius 2 is 1.15 bits per heavy atom. The van der Waals surface area contributed by atoms with Crippen LogP contribution in [-0.4, -0.2) is 48.6 Å². The second-order valence-electron chi connectivity index (χ2n) is 4.83. The Labute approximate surface area is 145 Å². The number of ketones is 2. The van der Waals surface area contributed by atoms with Crippen LogP contribution in [0.3, 0.4) is 0 Å². The van der Waals surface area contributed by atoms with Crippen molar-refractivity contribution in [2.45, 2.75) is 25.7 Å². The molecule has 0 amide bonds. The highest BCUT2D eigenvalue weighted by Crippen LogP contribution is 2.26. The number of carbonyl (C=O) groups is 4. The van der Waals surface area contributed by atoms with Gasteiger partial charge in [0.05, 0.1) is 13.2 Å². The van der Waals surface area contributed by atoms with Crippen molar-refractivity contribution in [1.82, 2.24) is 0 Å². The van der Waals surface area contributed by atoms with Gasteiger partial charge in [-0.25, -0.2) is 9.59 Å². The van der Waals surface area contributed by atoms with E-state index in [2.05, 4.69) is 9.47 Å². The average Bonchev–Trinajstić information content (AvgIpc) is 2.60. The maximum atomic E-state index is 13.7. The van der Waals surface area contributed by atoms with Crippen molar-refractivity contribution >= 4 is 23.5 Å². The molecule has 0 heterocycles. The van der Waals surface area contributed by atoms with Crippen molar-refractivity contribution in [2.24, 2.45) is 0 Å². The molecule has 0 aliphatic heterocycles. The molecule has 0 saturated heterocycles.